The number of carbonyl (C=O) groups is 2. The van der Waals surface area contributed by atoms with Crippen LogP contribution in [0.3, 0.4) is 0 Å². The van der Waals surface area contributed by atoms with Crippen molar-refractivity contribution in [1.29, 1.82) is 0 Å². The Balaban J connectivity index is 1.73. The molecule has 0 unspecified atom stereocenters. The van der Waals surface area contributed by atoms with E-state index in [0.717, 1.165) is 24.8 Å². The Bertz CT molecular complexity index is 451. The van der Waals surface area contributed by atoms with Gasteiger partial charge in [-0.15, -0.1) is 0 Å². The van der Waals surface area contributed by atoms with Crippen LogP contribution in [0, 0.1) is 5.92 Å². The number of hydrogen-bond acceptors (Lipinski definition) is 2. The van der Waals surface area contributed by atoms with Crippen LogP contribution in [-0.4, -0.2) is 36.3 Å². The minimum Gasteiger partial charge on any atom is -0.347 e. The minimum atomic E-state index is -0.476. The number of nitrogens with zero attached hydrogens (tertiary/aromatic N) is 1. The topological polar surface area (TPSA) is 49.4 Å². The van der Waals surface area contributed by atoms with E-state index in [2.05, 4.69) is 12.2 Å². The van der Waals surface area contributed by atoms with Crippen LogP contribution in [0.25, 0.3) is 0 Å². The molecule has 1 aliphatic heterocycles. The number of nitrogens with one attached hydrogen (secondary N) is 1. The molecule has 0 saturated carbocycles. The standard InChI is InChI=1S/C16H22N2O2/c1-13-8-11-18(12-9-13)16(20)15(19)17-10-7-14-5-3-2-4-6-14/h2-6,13H,7-12H2,1H3,(H,17,19). The number of benzene rings is 1. The maximum Gasteiger partial charge on any atom is 0.311 e. The largest absolute Gasteiger partial charge is 0.347 e. The zero-order valence-corrected chi connectivity index (χ0v) is 12.0. The molecule has 1 N–H and O–H groups in total. The van der Waals surface area contributed by atoms with E-state index in [1.807, 2.05) is 30.3 Å². The molecule has 1 saturated heterocycles. The van der Waals surface area contributed by atoms with Crippen molar-refractivity contribution in [3.05, 3.63) is 35.9 Å². The molecule has 108 valence electrons. The molecule has 1 aromatic carbocycles. The third-order valence-electron chi connectivity index (χ3n) is 3.81. The smallest absolute Gasteiger partial charge is 0.311 e. The summed E-state index contributed by atoms with van der Waals surface area (Å²) < 4.78 is 0. The van der Waals surface area contributed by atoms with E-state index in [9.17, 15) is 9.59 Å². The number of carbonyl (C=O) groups excluding carboxylic acids is 2. The summed E-state index contributed by atoms with van der Waals surface area (Å²) in [5.41, 5.74) is 1.16. The fourth-order valence-electron chi connectivity index (χ4n) is 2.40. The molecule has 20 heavy (non-hydrogen) atoms. The van der Waals surface area contributed by atoms with Crippen LogP contribution in [0.4, 0.5) is 0 Å². The van der Waals surface area contributed by atoms with Gasteiger partial charge in [0.15, 0.2) is 0 Å². The van der Waals surface area contributed by atoms with Gasteiger partial charge in [0.1, 0.15) is 0 Å². The van der Waals surface area contributed by atoms with Gasteiger partial charge in [0.2, 0.25) is 0 Å². The summed E-state index contributed by atoms with van der Waals surface area (Å²) in [6.07, 6.45) is 2.73. The van der Waals surface area contributed by atoms with Crippen molar-refractivity contribution < 1.29 is 9.59 Å². The fraction of sp³-hybridized carbons (Fsp3) is 0.500. The van der Waals surface area contributed by atoms with Gasteiger partial charge in [-0.05, 0) is 30.7 Å². The maximum atomic E-state index is 12.0. The average Bonchev–Trinajstić information content (AvgIpc) is 2.48. The van der Waals surface area contributed by atoms with E-state index >= 15 is 0 Å². The van der Waals surface area contributed by atoms with E-state index in [1.165, 1.54) is 0 Å². The molecular weight excluding hydrogens is 252 g/mol. The van der Waals surface area contributed by atoms with Crippen molar-refractivity contribution in [3.8, 4) is 0 Å². The molecule has 0 bridgehead atoms. The summed E-state index contributed by atoms with van der Waals surface area (Å²) in [7, 11) is 0. The van der Waals surface area contributed by atoms with Crippen molar-refractivity contribution in [2.45, 2.75) is 26.2 Å². The Labute approximate surface area is 120 Å². The predicted molar refractivity (Wildman–Crippen MR) is 78.1 cm³/mol. The molecular formula is C16H22N2O2. The first kappa shape index (κ1) is 14.6. The van der Waals surface area contributed by atoms with Gasteiger partial charge >= 0.3 is 11.8 Å². The lowest BCUT2D eigenvalue weighted by Crippen LogP contribution is -2.46. The lowest BCUT2D eigenvalue weighted by molar-refractivity contribution is -0.146. The lowest BCUT2D eigenvalue weighted by Gasteiger charge is -2.29. The molecule has 0 aromatic heterocycles. The van der Waals surface area contributed by atoms with Crippen LogP contribution in [0.5, 0.6) is 0 Å². The molecule has 1 fully saturated rings. The summed E-state index contributed by atoms with van der Waals surface area (Å²) in [6, 6.07) is 9.93. The van der Waals surface area contributed by atoms with Crippen LogP contribution < -0.4 is 5.32 Å². The van der Waals surface area contributed by atoms with Crippen LogP contribution in [0.2, 0.25) is 0 Å². The van der Waals surface area contributed by atoms with Crippen LogP contribution in [0.15, 0.2) is 30.3 Å². The van der Waals surface area contributed by atoms with E-state index in [1.54, 1.807) is 4.90 Å². The third-order valence-corrected chi connectivity index (χ3v) is 3.81. The van der Waals surface area contributed by atoms with Crippen molar-refractivity contribution in [2.24, 2.45) is 5.92 Å². The second kappa shape index (κ2) is 7.08. The molecule has 2 amide bonds. The molecule has 4 nitrogen and oxygen atoms in total. The van der Waals surface area contributed by atoms with Gasteiger partial charge in [-0.1, -0.05) is 37.3 Å². The molecule has 1 heterocycles. The Hall–Kier alpha value is -1.84. The molecule has 4 heteroatoms. The lowest BCUT2D eigenvalue weighted by atomic mass is 9.99. The average molecular weight is 274 g/mol. The van der Waals surface area contributed by atoms with Crippen LogP contribution in [0.1, 0.15) is 25.3 Å². The van der Waals surface area contributed by atoms with E-state index in [-0.39, 0.29) is 5.91 Å². The first-order valence-electron chi connectivity index (χ1n) is 7.28. The van der Waals surface area contributed by atoms with Crippen LogP contribution >= 0.6 is 0 Å². The zero-order chi connectivity index (χ0) is 14.4. The molecule has 2 rings (SSSR count). The molecule has 0 radical (unpaired) electrons. The summed E-state index contributed by atoms with van der Waals surface area (Å²) in [4.78, 5) is 25.4. The first-order valence-corrected chi connectivity index (χ1v) is 7.28. The molecule has 0 spiro atoms. The van der Waals surface area contributed by atoms with Crippen molar-refractivity contribution in [1.82, 2.24) is 10.2 Å². The van der Waals surface area contributed by atoms with Crippen molar-refractivity contribution in [2.75, 3.05) is 19.6 Å². The minimum absolute atomic E-state index is 0.384. The summed E-state index contributed by atoms with van der Waals surface area (Å²) in [6.45, 7) is 4.08. The fourth-order valence-corrected chi connectivity index (χ4v) is 2.40. The van der Waals surface area contributed by atoms with Crippen molar-refractivity contribution in [3.63, 3.8) is 0 Å². The quantitative estimate of drug-likeness (QED) is 0.851. The number of amides is 2. The highest BCUT2D eigenvalue weighted by Gasteiger charge is 2.24. The molecule has 0 atom stereocenters. The number of hydrogen-bond donors (Lipinski definition) is 1. The number of rotatable bonds is 3. The van der Waals surface area contributed by atoms with Gasteiger partial charge < -0.3 is 10.2 Å². The molecule has 0 aliphatic carbocycles. The predicted octanol–water partition coefficient (Wildman–Crippen LogP) is 1.60. The van der Waals surface area contributed by atoms with E-state index in [4.69, 9.17) is 0 Å². The first-order chi connectivity index (χ1) is 9.66. The van der Waals surface area contributed by atoms with Crippen molar-refractivity contribution >= 4 is 11.8 Å². The highest BCUT2D eigenvalue weighted by atomic mass is 16.2. The molecule has 1 aliphatic rings. The normalized spacial score (nSPS) is 15.9. The van der Waals surface area contributed by atoms with Gasteiger partial charge in [0, 0.05) is 19.6 Å². The van der Waals surface area contributed by atoms with Crippen LogP contribution in [-0.2, 0) is 16.0 Å². The zero-order valence-electron chi connectivity index (χ0n) is 12.0. The Morgan fingerprint density at radius 2 is 1.85 bits per heavy atom. The Morgan fingerprint density at radius 3 is 2.50 bits per heavy atom. The van der Waals surface area contributed by atoms with Gasteiger partial charge in [-0.2, -0.15) is 0 Å². The SMILES string of the molecule is CC1CCN(C(=O)C(=O)NCCc2ccccc2)CC1. The molecule has 1 aromatic rings. The van der Waals surface area contributed by atoms with E-state index in [0.29, 0.717) is 25.6 Å². The summed E-state index contributed by atoms with van der Waals surface area (Å²) >= 11 is 0. The van der Waals surface area contributed by atoms with E-state index < -0.39 is 5.91 Å². The van der Waals surface area contributed by atoms with Gasteiger partial charge in [-0.25, -0.2) is 0 Å². The Kier molecular flexibility index (Phi) is 5.16. The summed E-state index contributed by atoms with van der Waals surface area (Å²) in [5.74, 6) is -0.208. The van der Waals surface area contributed by atoms with Gasteiger partial charge in [0.25, 0.3) is 0 Å². The highest BCUT2D eigenvalue weighted by Crippen LogP contribution is 2.15. The summed E-state index contributed by atoms with van der Waals surface area (Å²) in [5, 5.41) is 2.71. The number of likely N-dealkylation sites (tertiary alicyclic amines) is 1. The maximum absolute atomic E-state index is 12.0. The Morgan fingerprint density at radius 1 is 1.20 bits per heavy atom. The van der Waals surface area contributed by atoms with Gasteiger partial charge in [0.05, 0.1) is 0 Å². The monoisotopic (exact) mass is 274 g/mol. The number of piperidine rings is 1. The second-order valence-electron chi connectivity index (χ2n) is 5.47. The highest BCUT2D eigenvalue weighted by molar-refractivity contribution is 6.35. The van der Waals surface area contributed by atoms with Gasteiger partial charge in [-0.3, -0.25) is 9.59 Å². The second-order valence-corrected chi connectivity index (χ2v) is 5.47. The third kappa shape index (κ3) is 4.08.